The number of alkyl halides is 3. The molecule has 0 spiro atoms. The number of halogens is 4. The first kappa shape index (κ1) is 22.7. The van der Waals surface area contributed by atoms with Gasteiger partial charge in [-0.1, -0.05) is 11.6 Å². The lowest BCUT2D eigenvalue weighted by atomic mass is 10.2. The maximum atomic E-state index is 13.0. The topological polar surface area (TPSA) is 96.0 Å². The van der Waals surface area contributed by atoms with Gasteiger partial charge in [-0.25, -0.2) is 23.1 Å². The summed E-state index contributed by atoms with van der Waals surface area (Å²) in [5, 5.41) is 4.95. The third-order valence-electron chi connectivity index (χ3n) is 3.74. The van der Waals surface area contributed by atoms with Gasteiger partial charge < -0.3 is 10.6 Å². The highest BCUT2D eigenvalue weighted by atomic mass is 35.5. The Kier molecular flexibility index (Phi) is 6.62. The van der Waals surface area contributed by atoms with Crippen LogP contribution >= 0.6 is 23.8 Å². The van der Waals surface area contributed by atoms with Crippen LogP contribution in [0.15, 0.2) is 65.8 Å². The van der Waals surface area contributed by atoms with Gasteiger partial charge in [0.05, 0.1) is 15.5 Å². The molecule has 13 heteroatoms. The molecule has 3 N–H and O–H groups in total. The van der Waals surface area contributed by atoms with Crippen molar-refractivity contribution in [1.82, 2.24) is 9.97 Å². The van der Waals surface area contributed by atoms with Gasteiger partial charge in [0, 0.05) is 23.8 Å². The van der Waals surface area contributed by atoms with Crippen LogP contribution in [0.2, 0.25) is 5.02 Å². The molecule has 0 unspecified atom stereocenters. The van der Waals surface area contributed by atoms with Crippen LogP contribution in [0.4, 0.5) is 30.5 Å². The minimum Gasteiger partial charge on any atom is -0.332 e. The van der Waals surface area contributed by atoms with E-state index in [1.54, 1.807) is 6.07 Å². The molecule has 0 saturated carbocycles. The molecule has 0 aliphatic heterocycles. The van der Waals surface area contributed by atoms with E-state index >= 15 is 0 Å². The van der Waals surface area contributed by atoms with Gasteiger partial charge in [-0.05, 0) is 60.7 Å². The first-order valence-electron chi connectivity index (χ1n) is 8.39. The maximum absolute atomic E-state index is 13.0. The normalized spacial score (nSPS) is 11.6. The highest BCUT2D eigenvalue weighted by Crippen LogP contribution is 2.36. The predicted octanol–water partition coefficient (Wildman–Crippen LogP) is 4.76. The number of hydrogen-bond acceptors (Lipinski definition) is 5. The van der Waals surface area contributed by atoms with Gasteiger partial charge in [0.2, 0.25) is 5.95 Å². The van der Waals surface area contributed by atoms with Crippen LogP contribution in [-0.4, -0.2) is 23.5 Å². The first-order chi connectivity index (χ1) is 14.5. The summed E-state index contributed by atoms with van der Waals surface area (Å²) in [6.07, 6.45) is -1.82. The summed E-state index contributed by atoms with van der Waals surface area (Å²) >= 11 is 10.7. The van der Waals surface area contributed by atoms with Crippen molar-refractivity contribution in [3.63, 3.8) is 0 Å². The fraction of sp³-hybridized carbons (Fsp3) is 0.0556. The van der Waals surface area contributed by atoms with Crippen molar-refractivity contribution in [1.29, 1.82) is 0 Å². The van der Waals surface area contributed by atoms with Crippen LogP contribution < -0.4 is 15.4 Å². The molecule has 0 radical (unpaired) electrons. The molecule has 31 heavy (non-hydrogen) atoms. The van der Waals surface area contributed by atoms with Crippen LogP contribution in [0.1, 0.15) is 5.56 Å². The van der Waals surface area contributed by atoms with Crippen molar-refractivity contribution in [2.75, 3.05) is 15.4 Å². The second-order valence-electron chi connectivity index (χ2n) is 5.97. The summed E-state index contributed by atoms with van der Waals surface area (Å²) in [5.41, 5.74) is -0.496. The molecule has 0 aliphatic carbocycles. The molecule has 0 aliphatic rings. The molecule has 0 saturated heterocycles. The van der Waals surface area contributed by atoms with Gasteiger partial charge in [0.1, 0.15) is 0 Å². The van der Waals surface area contributed by atoms with E-state index in [4.69, 9.17) is 23.8 Å². The summed E-state index contributed by atoms with van der Waals surface area (Å²) < 4.78 is 65.9. The minimum atomic E-state index is -4.61. The molecule has 3 aromatic rings. The van der Waals surface area contributed by atoms with E-state index in [0.717, 1.165) is 12.1 Å². The minimum absolute atomic E-state index is 0.00173. The van der Waals surface area contributed by atoms with Crippen LogP contribution in [0.3, 0.4) is 0 Å². The Hall–Kier alpha value is -2.96. The van der Waals surface area contributed by atoms with E-state index in [0.29, 0.717) is 5.69 Å². The zero-order chi connectivity index (χ0) is 22.6. The van der Waals surface area contributed by atoms with Crippen molar-refractivity contribution in [2.24, 2.45) is 0 Å². The second kappa shape index (κ2) is 9.04. The van der Waals surface area contributed by atoms with E-state index in [1.807, 2.05) is 0 Å². The van der Waals surface area contributed by atoms with Crippen LogP contribution in [-0.2, 0) is 16.2 Å². The number of hydrogen-bond donors (Lipinski definition) is 3. The third-order valence-corrected chi connectivity index (χ3v) is 5.62. The van der Waals surface area contributed by atoms with Crippen molar-refractivity contribution >= 4 is 56.3 Å². The average Bonchev–Trinajstić information content (AvgIpc) is 2.69. The van der Waals surface area contributed by atoms with Crippen LogP contribution in [0, 0.1) is 0 Å². The van der Waals surface area contributed by atoms with Crippen molar-refractivity contribution < 1.29 is 21.6 Å². The van der Waals surface area contributed by atoms with E-state index in [1.165, 1.54) is 42.7 Å². The summed E-state index contributed by atoms with van der Waals surface area (Å²) in [4.78, 5) is 7.55. The lowest BCUT2D eigenvalue weighted by molar-refractivity contribution is -0.137. The standard InChI is InChI=1S/C18H13ClF3N5O2S2/c19-15-7-4-12(10-14(15)18(20,21)22)26-17(30)25-11-2-5-13(6-3-11)31(28,29)27-16-23-8-1-9-24-16/h1-10H,(H,23,24,27)(H2,25,26,30). The van der Waals surface area contributed by atoms with E-state index in [-0.39, 0.29) is 21.6 Å². The van der Waals surface area contributed by atoms with E-state index in [2.05, 4.69) is 25.3 Å². The van der Waals surface area contributed by atoms with Gasteiger partial charge in [-0.3, -0.25) is 0 Å². The Morgan fingerprint density at radius 1 is 0.968 bits per heavy atom. The summed E-state index contributed by atoms with van der Waals surface area (Å²) in [6, 6.07) is 10.4. The second-order valence-corrected chi connectivity index (χ2v) is 8.47. The molecule has 162 valence electrons. The maximum Gasteiger partial charge on any atom is 0.417 e. The fourth-order valence-corrected chi connectivity index (χ4v) is 3.78. The number of nitrogens with zero attached hydrogens (tertiary/aromatic N) is 2. The highest BCUT2D eigenvalue weighted by Gasteiger charge is 2.33. The third kappa shape index (κ3) is 6.03. The zero-order valence-corrected chi connectivity index (χ0v) is 17.7. The predicted molar refractivity (Wildman–Crippen MR) is 116 cm³/mol. The molecule has 0 atom stereocenters. The summed E-state index contributed by atoms with van der Waals surface area (Å²) in [5.74, 6) is -0.0729. The largest absolute Gasteiger partial charge is 0.417 e. The molecule has 0 amide bonds. The van der Waals surface area contributed by atoms with E-state index < -0.39 is 26.8 Å². The lowest BCUT2D eigenvalue weighted by Gasteiger charge is -2.14. The number of sulfonamides is 1. The fourth-order valence-electron chi connectivity index (χ4n) is 2.36. The molecule has 7 nitrogen and oxygen atoms in total. The zero-order valence-electron chi connectivity index (χ0n) is 15.3. The van der Waals surface area contributed by atoms with Gasteiger partial charge >= 0.3 is 6.18 Å². The van der Waals surface area contributed by atoms with Gasteiger partial charge in [0.15, 0.2) is 5.11 Å². The van der Waals surface area contributed by atoms with Crippen LogP contribution in [0.5, 0.6) is 0 Å². The monoisotopic (exact) mass is 487 g/mol. The Morgan fingerprint density at radius 2 is 1.55 bits per heavy atom. The Bertz CT molecular complexity index is 1190. The molecule has 3 rings (SSSR count). The van der Waals surface area contributed by atoms with Crippen molar-refractivity contribution in [2.45, 2.75) is 11.1 Å². The number of anilines is 3. The molecular weight excluding hydrogens is 475 g/mol. The molecule has 0 bridgehead atoms. The molecule has 0 fully saturated rings. The van der Waals surface area contributed by atoms with E-state index in [9.17, 15) is 21.6 Å². The van der Waals surface area contributed by atoms with Crippen molar-refractivity contribution in [3.05, 3.63) is 71.5 Å². The average molecular weight is 488 g/mol. The number of thiocarbonyl (C=S) groups is 1. The number of aromatic nitrogens is 2. The smallest absolute Gasteiger partial charge is 0.332 e. The van der Waals surface area contributed by atoms with Gasteiger partial charge in [-0.15, -0.1) is 0 Å². The molecule has 2 aromatic carbocycles. The van der Waals surface area contributed by atoms with Crippen LogP contribution in [0.25, 0.3) is 0 Å². The Morgan fingerprint density at radius 3 is 2.16 bits per heavy atom. The number of benzene rings is 2. The lowest BCUT2D eigenvalue weighted by Crippen LogP contribution is -2.20. The number of nitrogens with one attached hydrogen (secondary N) is 3. The first-order valence-corrected chi connectivity index (χ1v) is 10.7. The summed E-state index contributed by atoms with van der Waals surface area (Å²) in [7, 11) is -3.90. The summed E-state index contributed by atoms with van der Waals surface area (Å²) in [6.45, 7) is 0. The SMILES string of the molecule is O=S(=O)(Nc1ncccn1)c1ccc(NC(=S)Nc2ccc(Cl)c(C(F)(F)F)c2)cc1. The number of rotatable bonds is 5. The highest BCUT2D eigenvalue weighted by molar-refractivity contribution is 7.92. The van der Waals surface area contributed by atoms with Crippen molar-refractivity contribution in [3.8, 4) is 0 Å². The molecule has 1 aromatic heterocycles. The quantitative estimate of drug-likeness (QED) is 0.446. The molecule has 1 heterocycles. The van der Waals surface area contributed by atoms with Gasteiger partial charge in [0.25, 0.3) is 10.0 Å². The Labute approximate surface area is 185 Å². The van der Waals surface area contributed by atoms with Gasteiger partial charge in [-0.2, -0.15) is 13.2 Å². The molecular formula is C18H13ClF3N5O2S2. The Balaban J connectivity index is 1.67.